The molecular weight excluding hydrogens is 197 g/mol. The van der Waals surface area contributed by atoms with Crippen LogP contribution in [0, 0.1) is 5.82 Å². The summed E-state index contributed by atoms with van der Waals surface area (Å²) in [6.45, 7) is 0.707. The summed E-state index contributed by atoms with van der Waals surface area (Å²) in [5.41, 5.74) is 1.51. The van der Waals surface area contributed by atoms with E-state index in [1.807, 2.05) is 0 Å². The molecule has 1 aliphatic heterocycles. The van der Waals surface area contributed by atoms with E-state index in [0.717, 1.165) is 5.69 Å². The van der Waals surface area contributed by atoms with Crippen LogP contribution in [0.5, 0.6) is 0 Å². The molecule has 0 aliphatic carbocycles. The number of anilines is 1. The topological polar surface area (TPSA) is 38.3 Å². The standard InChI is InChI=1S/C11H12FNO2/c1-15-11(14)8-4-5-13-10-3-2-7(12)6-9(8)10/h2-3,6,8,13H,4-5H2,1H3. The van der Waals surface area contributed by atoms with Crippen molar-refractivity contribution in [2.45, 2.75) is 12.3 Å². The third kappa shape index (κ3) is 1.79. The van der Waals surface area contributed by atoms with Gasteiger partial charge in [-0.25, -0.2) is 4.39 Å². The van der Waals surface area contributed by atoms with Gasteiger partial charge < -0.3 is 10.1 Å². The molecule has 3 nitrogen and oxygen atoms in total. The van der Waals surface area contributed by atoms with Crippen LogP contribution in [-0.4, -0.2) is 19.6 Å². The fourth-order valence-corrected chi connectivity index (χ4v) is 1.88. The van der Waals surface area contributed by atoms with Crippen molar-refractivity contribution in [1.82, 2.24) is 0 Å². The highest BCUT2D eigenvalue weighted by molar-refractivity contribution is 5.81. The fraction of sp³-hybridized carbons (Fsp3) is 0.364. The maximum absolute atomic E-state index is 13.1. The number of hydrogen-bond acceptors (Lipinski definition) is 3. The van der Waals surface area contributed by atoms with Crippen LogP contribution in [0.4, 0.5) is 10.1 Å². The molecule has 15 heavy (non-hydrogen) atoms. The van der Waals surface area contributed by atoms with Gasteiger partial charge in [-0.05, 0) is 30.2 Å². The molecule has 0 bridgehead atoms. The van der Waals surface area contributed by atoms with E-state index in [1.165, 1.54) is 19.2 Å². The number of halogens is 1. The highest BCUT2D eigenvalue weighted by atomic mass is 19.1. The van der Waals surface area contributed by atoms with Crippen LogP contribution in [0.15, 0.2) is 18.2 Å². The van der Waals surface area contributed by atoms with E-state index in [1.54, 1.807) is 6.07 Å². The van der Waals surface area contributed by atoms with Crippen molar-refractivity contribution >= 4 is 11.7 Å². The van der Waals surface area contributed by atoms with Gasteiger partial charge in [0.1, 0.15) is 5.82 Å². The summed E-state index contributed by atoms with van der Waals surface area (Å²) in [5, 5.41) is 3.12. The molecule has 0 amide bonds. The minimum atomic E-state index is -0.345. The van der Waals surface area contributed by atoms with Crippen LogP contribution >= 0.6 is 0 Å². The first-order valence-corrected chi connectivity index (χ1v) is 4.83. The summed E-state index contributed by atoms with van der Waals surface area (Å²) in [5.74, 6) is -0.975. The van der Waals surface area contributed by atoms with Crippen LogP contribution in [0.1, 0.15) is 17.9 Å². The van der Waals surface area contributed by atoms with Gasteiger partial charge in [-0.1, -0.05) is 0 Å². The van der Waals surface area contributed by atoms with E-state index in [9.17, 15) is 9.18 Å². The number of carbonyl (C=O) groups is 1. The molecule has 0 radical (unpaired) electrons. The summed E-state index contributed by atoms with van der Waals surface area (Å²) in [6, 6.07) is 4.42. The number of hydrogen-bond donors (Lipinski definition) is 1. The molecule has 0 spiro atoms. The normalized spacial score (nSPS) is 18.9. The SMILES string of the molecule is COC(=O)C1CCNc2ccc(F)cc21. The minimum absolute atomic E-state index is 0.302. The number of rotatable bonds is 1. The Labute approximate surface area is 87.2 Å². The number of carbonyl (C=O) groups excluding carboxylic acids is 1. The Balaban J connectivity index is 2.40. The van der Waals surface area contributed by atoms with Crippen molar-refractivity contribution in [2.24, 2.45) is 0 Å². The minimum Gasteiger partial charge on any atom is -0.469 e. The Bertz CT molecular complexity index is 392. The molecular formula is C11H12FNO2. The van der Waals surface area contributed by atoms with Crippen LogP contribution < -0.4 is 5.32 Å². The van der Waals surface area contributed by atoms with Crippen molar-refractivity contribution in [1.29, 1.82) is 0 Å². The van der Waals surface area contributed by atoms with E-state index in [2.05, 4.69) is 5.32 Å². The van der Waals surface area contributed by atoms with Gasteiger partial charge in [0.25, 0.3) is 0 Å². The number of ether oxygens (including phenoxy) is 1. The molecule has 80 valence electrons. The molecule has 1 unspecified atom stereocenters. The molecule has 2 rings (SSSR count). The van der Waals surface area contributed by atoms with Crippen molar-refractivity contribution in [3.05, 3.63) is 29.6 Å². The number of esters is 1. The quantitative estimate of drug-likeness (QED) is 0.718. The lowest BCUT2D eigenvalue weighted by atomic mass is 9.91. The van der Waals surface area contributed by atoms with Crippen LogP contribution in [0.3, 0.4) is 0 Å². The molecule has 0 aromatic heterocycles. The van der Waals surface area contributed by atoms with Gasteiger partial charge in [0.05, 0.1) is 13.0 Å². The largest absolute Gasteiger partial charge is 0.469 e. The smallest absolute Gasteiger partial charge is 0.313 e. The predicted molar refractivity (Wildman–Crippen MR) is 54.3 cm³/mol. The Morgan fingerprint density at radius 1 is 1.60 bits per heavy atom. The summed E-state index contributed by atoms with van der Waals surface area (Å²) in [6.07, 6.45) is 0.642. The predicted octanol–water partition coefficient (Wildman–Crippen LogP) is 1.90. The summed E-state index contributed by atoms with van der Waals surface area (Å²) in [7, 11) is 1.35. The van der Waals surface area contributed by atoms with E-state index < -0.39 is 0 Å². The molecule has 1 heterocycles. The molecule has 1 atom stereocenters. The van der Waals surface area contributed by atoms with Crippen LogP contribution in [-0.2, 0) is 9.53 Å². The average Bonchev–Trinajstić information content (AvgIpc) is 2.27. The number of benzene rings is 1. The molecule has 0 fully saturated rings. The van der Waals surface area contributed by atoms with Gasteiger partial charge in [0.15, 0.2) is 0 Å². The number of methoxy groups -OCH3 is 1. The van der Waals surface area contributed by atoms with E-state index in [-0.39, 0.29) is 17.7 Å². The van der Waals surface area contributed by atoms with E-state index in [0.29, 0.717) is 18.5 Å². The highest BCUT2D eigenvalue weighted by Gasteiger charge is 2.27. The van der Waals surface area contributed by atoms with Gasteiger partial charge in [0, 0.05) is 12.2 Å². The Morgan fingerprint density at radius 3 is 3.13 bits per heavy atom. The van der Waals surface area contributed by atoms with E-state index >= 15 is 0 Å². The molecule has 4 heteroatoms. The maximum Gasteiger partial charge on any atom is 0.313 e. The van der Waals surface area contributed by atoms with Gasteiger partial charge in [0.2, 0.25) is 0 Å². The van der Waals surface area contributed by atoms with Crippen molar-refractivity contribution in [3.8, 4) is 0 Å². The molecule has 1 N–H and O–H groups in total. The third-order valence-electron chi connectivity index (χ3n) is 2.62. The lowest BCUT2D eigenvalue weighted by Crippen LogP contribution is -2.23. The average molecular weight is 209 g/mol. The second-order valence-corrected chi connectivity index (χ2v) is 3.52. The van der Waals surface area contributed by atoms with E-state index in [4.69, 9.17) is 4.74 Å². The zero-order chi connectivity index (χ0) is 10.8. The van der Waals surface area contributed by atoms with Crippen molar-refractivity contribution in [2.75, 3.05) is 19.0 Å². The highest BCUT2D eigenvalue weighted by Crippen LogP contribution is 2.32. The zero-order valence-corrected chi connectivity index (χ0v) is 8.42. The maximum atomic E-state index is 13.1. The van der Waals surface area contributed by atoms with Crippen molar-refractivity contribution < 1.29 is 13.9 Å². The second-order valence-electron chi connectivity index (χ2n) is 3.52. The first-order valence-electron chi connectivity index (χ1n) is 4.83. The van der Waals surface area contributed by atoms with Gasteiger partial charge >= 0.3 is 5.97 Å². The molecule has 0 saturated carbocycles. The Hall–Kier alpha value is -1.58. The number of fused-ring (bicyclic) bond motifs is 1. The Kier molecular flexibility index (Phi) is 2.58. The first-order chi connectivity index (χ1) is 7.22. The molecule has 1 aliphatic rings. The fourth-order valence-electron chi connectivity index (χ4n) is 1.88. The molecule has 0 saturated heterocycles. The molecule has 1 aromatic carbocycles. The lowest BCUT2D eigenvalue weighted by Gasteiger charge is -2.24. The van der Waals surface area contributed by atoms with Crippen molar-refractivity contribution in [3.63, 3.8) is 0 Å². The molecule has 1 aromatic rings. The number of nitrogens with one attached hydrogen (secondary N) is 1. The van der Waals surface area contributed by atoms with Gasteiger partial charge in [-0.3, -0.25) is 4.79 Å². The third-order valence-corrected chi connectivity index (χ3v) is 2.62. The monoisotopic (exact) mass is 209 g/mol. The summed E-state index contributed by atoms with van der Waals surface area (Å²) >= 11 is 0. The van der Waals surface area contributed by atoms with Crippen LogP contribution in [0.2, 0.25) is 0 Å². The lowest BCUT2D eigenvalue weighted by molar-refractivity contribution is -0.142. The zero-order valence-electron chi connectivity index (χ0n) is 8.42. The van der Waals surface area contributed by atoms with Gasteiger partial charge in [-0.15, -0.1) is 0 Å². The first kappa shape index (κ1) is 9.96. The summed E-state index contributed by atoms with van der Waals surface area (Å²) in [4.78, 5) is 11.5. The van der Waals surface area contributed by atoms with Gasteiger partial charge in [-0.2, -0.15) is 0 Å². The second kappa shape index (κ2) is 3.88. The van der Waals surface area contributed by atoms with Crippen LogP contribution in [0.25, 0.3) is 0 Å². The Morgan fingerprint density at radius 2 is 2.40 bits per heavy atom. The summed E-state index contributed by atoms with van der Waals surface area (Å²) < 4.78 is 17.8.